The van der Waals surface area contributed by atoms with Crippen LogP contribution in [0.5, 0.6) is 0 Å². The maximum atomic E-state index is 10.5. The lowest BCUT2D eigenvalue weighted by molar-refractivity contribution is 0.317. The minimum absolute atomic E-state index is 0.171. The van der Waals surface area contributed by atoms with Crippen LogP contribution in [0, 0.1) is 6.20 Å². The Morgan fingerprint density at radius 3 is 2.36 bits per heavy atom. The average molecular weight is 242 g/mol. The maximum Gasteiger partial charge on any atom is 0.393 e. The van der Waals surface area contributed by atoms with Crippen LogP contribution in [-0.2, 0) is 20.4 Å². The Labute approximate surface area is 79.3 Å². The molecule has 14 heavy (non-hydrogen) atoms. The summed E-state index contributed by atoms with van der Waals surface area (Å²) in [5.74, 6) is 0. The summed E-state index contributed by atoms with van der Waals surface area (Å²) in [4.78, 5) is 0. The van der Waals surface area contributed by atoms with E-state index in [1.807, 2.05) is 6.20 Å². The molecule has 9 nitrogen and oxygen atoms in total. The second-order valence-electron chi connectivity index (χ2n) is 2.03. The van der Waals surface area contributed by atoms with Crippen molar-refractivity contribution in [3.8, 4) is 0 Å². The van der Waals surface area contributed by atoms with E-state index in [2.05, 4.69) is 5.10 Å². The number of hydrazone groups is 1. The number of hydrogen-bond acceptors (Lipinski definition) is 6. The van der Waals surface area contributed by atoms with Crippen LogP contribution in [-0.4, -0.2) is 35.5 Å². The van der Waals surface area contributed by atoms with Gasteiger partial charge in [-0.1, -0.05) is 4.52 Å². The van der Waals surface area contributed by atoms with E-state index in [0.29, 0.717) is 6.08 Å². The van der Waals surface area contributed by atoms with Gasteiger partial charge in [-0.05, 0) is 0 Å². The zero-order valence-corrected chi connectivity index (χ0v) is 7.95. The molecule has 0 amide bonds. The zero-order valence-electron chi connectivity index (χ0n) is 6.32. The molecule has 0 saturated heterocycles. The predicted molar refractivity (Wildman–Crippen MR) is 43.3 cm³/mol. The van der Waals surface area contributed by atoms with Crippen molar-refractivity contribution in [2.24, 2.45) is 5.10 Å². The minimum Gasteiger partial charge on any atom is -0.281 e. The molecule has 0 atom stereocenters. The van der Waals surface area contributed by atoms with Crippen LogP contribution >= 0.6 is 0 Å². The number of nitrogens with zero attached hydrogens (tertiary/aromatic N) is 2. The molecule has 1 aliphatic rings. The lowest BCUT2D eigenvalue weighted by Gasteiger charge is -2.16. The van der Waals surface area contributed by atoms with Gasteiger partial charge in [0, 0.05) is 6.08 Å². The summed E-state index contributed by atoms with van der Waals surface area (Å²) in [7, 11) is -9.39. The third-order valence-corrected chi connectivity index (χ3v) is 2.37. The SMILES string of the molecule is O=S(=O)(O)C1=NN(S(=O)(=O)O)N[C]=C1. The Bertz CT molecular complexity index is 486. The maximum absolute atomic E-state index is 10.5. The van der Waals surface area contributed by atoms with Crippen LogP contribution in [0.15, 0.2) is 11.2 Å². The molecular weight excluding hydrogens is 238 g/mol. The fraction of sp³-hybridized carbons (Fsp3) is 0. The summed E-state index contributed by atoms with van der Waals surface area (Å²) in [5, 5.41) is 1.91. The molecule has 1 rings (SSSR count). The Hall–Kier alpha value is -1.17. The van der Waals surface area contributed by atoms with E-state index >= 15 is 0 Å². The zero-order chi connectivity index (χ0) is 11.0. The predicted octanol–water partition coefficient (Wildman–Crippen LogP) is -1.87. The van der Waals surface area contributed by atoms with Gasteiger partial charge in [-0.2, -0.15) is 16.8 Å². The molecule has 0 fully saturated rings. The van der Waals surface area contributed by atoms with Gasteiger partial charge in [-0.25, -0.2) is 0 Å². The second kappa shape index (κ2) is 3.20. The van der Waals surface area contributed by atoms with Crippen molar-refractivity contribution in [3.05, 3.63) is 12.3 Å². The smallest absolute Gasteiger partial charge is 0.281 e. The summed E-state index contributed by atoms with van der Waals surface area (Å²) in [5.41, 5.74) is 1.79. The summed E-state index contributed by atoms with van der Waals surface area (Å²) in [6.07, 6.45) is 2.63. The van der Waals surface area contributed by atoms with Gasteiger partial charge in [0.2, 0.25) is 5.04 Å². The lowest BCUT2D eigenvalue weighted by Crippen LogP contribution is -2.39. The number of hydrogen-bond donors (Lipinski definition) is 3. The van der Waals surface area contributed by atoms with Gasteiger partial charge in [0.1, 0.15) is 0 Å². The third kappa shape index (κ3) is 2.41. The highest BCUT2D eigenvalue weighted by Gasteiger charge is 2.24. The van der Waals surface area contributed by atoms with Crippen molar-refractivity contribution in [2.75, 3.05) is 0 Å². The van der Waals surface area contributed by atoms with Crippen molar-refractivity contribution in [2.45, 2.75) is 0 Å². The van der Waals surface area contributed by atoms with Gasteiger partial charge in [0.15, 0.2) is 0 Å². The van der Waals surface area contributed by atoms with Crippen LogP contribution in [0.2, 0.25) is 0 Å². The molecule has 0 saturated carbocycles. The molecule has 11 heteroatoms. The first-order valence-electron chi connectivity index (χ1n) is 2.89. The fourth-order valence-corrected chi connectivity index (χ4v) is 1.33. The van der Waals surface area contributed by atoms with Crippen LogP contribution in [0.25, 0.3) is 0 Å². The Balaban J connectivity index is 3.14. The van der Waals surface area contributed by atoms with E-state index < -0.39 is 25.5 Å². The molecule has 1 radical (unpaired) electrons. The van der Waals surface area contributed by atoms with E-state index in [0.717, 1.165) is 0 Å². The average Bonchev–Trinajstić information content (AvgIpc) is 2.01. The van der Waals surface area contributed by atoms with Crippen molar-refractivity contribution in [1.29, 1.82) is 0 Å². The van der Waals surface area contributed by atoms with Gasteiger partial charge in [-0.3, -0.25) is 14.5 Å². The first-order chi connectivity index (χ1) is 6.21. The summed E-state index contributed by atoms with van der Waals surface area (Å²) < 4.78 is 58.6. The molecule has 1 aliphatic heterocycles. The van der Waals surface area contributed by atoms with Crippen molar-refractivity contribution >= 4 is 25.5 Å². The van der Waals surface area contributed by atoms with Crippen molar-refractivity contribution in [1.82, 2.24) is 9.95 Å². The van der Waals surface area contributed by atoms with Crippen molar-refractivity contribution < 1.29 is 25.9 Å². The molecule has 1 heterocycles. The molecule has 79 valence electrons. The molecule has 0 bridgehead atoms. The molecule has 0 unspecified atom stereocenters. The highest BCUT2D eigenvalue weighted by atomic mass is 32.2. The number of nitrogens with one attached hydrogen (secondary N) is 1. The quantitative estimate of drug-likeness (QED) is 0.458. The van der Waals surface area contributed by atoms with Crippen LogP contribution in [0.1, 0.15) is 0 Å². The van der Waals surface area contributed by atoms with Crippen LogP contribution < -0.4 is 5.43 Å². The Kier molecular flexibility index (Phi) is 2.49. The Morgan fingerprint density at radius 1 is 1.36 bits per heavy atom. The number of hydrazine groups is 1. The summed E-state index contributed by atoms with van der Waals surface area (Å²) in [6, 6.07) is 0. The van der Waals surface area contributed by atoms with Crippen LogP contribution in [0.3, 0.4) is 0 Å². The molecule has 0 aromatic heterocycles. The lowest BCUT2D eigenvalue weighted by atomic mass is 10.6. The van der Waals surface area contributed by atoms with E-state index in [4.69, 9.17) is 9.11 Å². The van der Waals surface area contributed by atoms with E-state index in [-0.39, 0.29) is 4.52 Å². The van der Waals surface area contributed by atoms with Crippen molar-refractivity contribution in [3.63, 3.8) is 0 Å². The van der Waals surface area contributed by atoms with E-state index in [1.165, 1.54) is 0 Å². The topological polar surface area (TPSA) is 136 Å². The van der Waals surface area contributed by atoms with Gasteiger partial charge in [-0.15, -0.1) is 5.10 Å². The molecule has 0 aliphatic carbocycles. The van der Waals surface area contributed by atoms with Crippen LogP contribution in [0.4, 0.5) is 0 Å². The highest BCUT2D eigenvalue weighted by molar-refractivity contribution is 8.02. The van der Waals surface area contributed by atoms with Gasteiger partial charge < -0.3 is 0 Å². The standard InChI is InChI=1S/C3H4N3O6S2/c7-13(8,9)3-1-2-4-6(5-3)14(10,11)12/h1,4H,(H,7,8,9)(H,10,11,12). The first-order valence-corrected chi connectivity index (χ1v) is 5.73. The summed E-state index contributed by atoms with van der Waals surface area (Å²) >= 11 is 0. The summed E-state index contributed by atoms with van der Waals surface area (Å²) in [6.45, 7) is 0. The minimum atomic E-state index is -4.74. The molecular formula is C3H4N3O6S2. The van der Waals surface area contributed by atoms with Gasteiger partial charge in [0.25, 0.3) is 0 Å². The highest BCUT2D eigenvalue weighted by Crippen LogP contribution is 2.03. The second-order valence-corrected chi connectivity index (χ2v) is 4.64. The Morgan fingerprint density at radius 2 is 1.93 bits per heavy atom. The number of rotatable bonds is 1. The van der Waals surface area contributed by atoms with Gasteiger partial charge >= 0.3 is 20.4 Å². The monoisotopic (exact) mass is 242 g/mol. The largest absolute Gasteiger partial charge is 0.393 e. The van der Waals surface area contributed by atoms with E-state index in [9.17, 15) is 16.8 Å². The first kappa shape index (κ1) is 10.9. The molecule has 0 spiro atoms. The fourth-order valence-electron chi connectivity index (χ4n) is 0.528. The third-order valence-electron chi connectivity index (χ3n) is 1.03. The van der Waals surface area contributed by atoms with E-state index in [1.54, 1.807) is 5.43 Å². The molecule has 0 aromatic rings. The molecule has 3 N–H and O–H groups in total. The molecule has 0 aromatic carbocycles. The normalized spacial score (nSPS) is 17.6. The van der Waals surface area contributed by atoms with Gasteiger partial charge in [0.05, 0.1) is 6.20 Å².